The molecule has 0 radical (unpaired) electrons. The molecule has 0 saturated carbocycles. The number of nitrogens with zero attached hydrogens (tertiary/aromatic N) is 2. The number of sulfonamides is 1. The van der Waals surface area contributed by atoms with Gasteiger partial charge in [-0.3, -0.25) is 9.59 Å². The number of amides is 1. The van der Waals surface area contributed by atoms with Crippen molar-refractivity contribution in [1.29, 1.82) is 0 Å². The van der Waals surface area contributed by atoms with Crippen LogP contribution in [0.25, 0.3) is 10.2 Å². The third kappa shape index (κ3) is 6.14. The molecule has 2 aromatic carbocycles. The van der Waals surface area contributed by atoms with Gasteiger partial charge in [0.15, 0.2) is 14.6 Å². The van der Waals surface area contributed by atoms with Gasteiger partial charge >= 0.3 is 5.97 Å². The molecule has 34 heavy (non-hydrogen) atoms. The SMILES string of the molecule is CCOC(=O)CCn1c(=NC(=O)CS(=O)(=O)c2ccc(F)cc2)sc2cc(S(N)(=O)=O)ccc21. The van der Waals surface area contributed by atoms with Crippen molar-refractivity contribution in [3.63, 3.8) is 0 Å². The summed E-state index contributed by atoms with van der Waals surface area (Å²) in [6.45, 7) is 1.88. The summed E-state index contributed by atoms with van der Waals surface area (Å²) in [7, 11) is -8.07. The van der Waals surface area contributed by atoms with E-state index in [9.17, 15) is 30.8 Å². The molecule has 0 fully saturated rings. The number of thiazole rings is 1. The number of esters is 1. The monoisotopic (exact) mass is 529 g/mol. The molecule has 1 aromatic heterocycles. The van der Waals surface area contributed by atoms with E-state index in [0.29, 0.717) is 10.2 Å². The second-order valence-electron chi connectivity index (χ2n) is 6.98. The molecule has 14 heteroatoms. The summed E-state index contributed by atoms with van der Waals surface area (Å²) < 4.78 is 68.3. The fraction of sp³-hybridized carbons (Fsp3) is 0.250. The summed E-state index contributed by atoms with van der Waals surface area (Å²) in [6.07, 6.45) is -0.0636. The summed E-state index contributed by atoms with van der Waals surface area (Å²) in [6, 6.07) is 8.05. The molecule has 0 aliphatic rings. The maximum absolute atomic E-state index is 13.1. The van der Waals surface area contributed by atoms with Crippen molar-refractivity contribution in [2.75, 3.05) is 12.4 Å². The molecule has 182 valence electrons. The topological polar surface area (TPSA) is 155 Å². The molecule has 0 aliphatic heterocycles. The molecule has 0 spiro atoms. The normalized spacial score (nSPS) is 12.7. The van der Waals surface area contributed by atoms with Crippen LogP contribution in [0.5, 0.6) is 0 Å². The molecule has 2 N–H and O–H groups in total. The van der Waals surface area contributed by atoms with Gasteiger partial charge in [-0.15, -0.1) is 0 Å². The molecule has 0 unspecified atom stereocenters. The largest absolute Gasteiger partial charge is 0.466 e. The molecule has 0 saturated heterocycles. The van der Waals surface area contributed by atoms with Gasteiger partial charge in [0.25, 0.3) is 5.91 Å². The highest BCUT2D eigenvalue weighted by Gasteiger charge is 2.20. The average molecular weight is 530 g/mol. The highest BCUT2D eigenvalue weighted by atomic mass is 32.2. The van der Waals surface area contributed by atoms with E-state index in [1.165, 1.54) is 22.8 Å². The highest BCUT2D eigenvalue weighted by Crippen LogP contribution is 2.22. The van der Waals surface area contributed by atoms with Crippen molar-refractivity contribution in [2.24, 2.45) is 10.1 Å². The van der Waals surface area contributed by atoms with Crippen molar-refractivity contribution in [3.8, 4) is 0 Å². The molecule has 0 aliphatic carbocycles. The predicted molar refractivity (Wildman–Crippen MR) is 121 cm³/mol. The Kier molecular flexibility index (Phi) is 7.65. The minimum Gasteiger partial charge on any atom is -0.466 e. The zero-order valence-corrected chi connectivity index (χ0v) is 20.3. The average Bonchev–Trinajstić information content (AvgIpc) is 3.07. The first-order valence-electron chi connectivity index (χ1n) is 9.78. The standard InChI is InChI=1S/C20H20FN3O7S3/c1-2-31-19(26)9-10-24-16-8-7-15(34(22,29)30)11-17(16)32-20(24)23-18(25)12-33(27,28)14-5-3-13(21)4-6-14/h3-8,11H,2,9-10,12H2,1H3,(H2,22,29,30). The van der Waals surface area contributed by atoms with Gasteiger partial charge in [-0.25, -0.2) is 26.4 Å². The Morgan fingerprint density at radius 1 is 1.09 bits per heavy atom. The van der Waals surface area contributed by atoms with Gasteiger partial charge in [-0.1, -0.05) is 11.3 Å². The van der Waals surface area contributed by atoms with E-state index in [1.807, 2.05) is 0 Å². The van der Waals surface area contributed by atoms with Crippen molar-refractivity contribution in [3.05, 3.63) is 53.1 Å². The number of nitrogens with two attached hydrogens (primary N) is 1. The van der Waals surface area contributed by atoms with Gasteiger partial charge in [0.1, 0.15) is 11.6 Å². The molecule has 3 aromatic rings. The number of primary sulfonamides is 1. The number of aryl methyl sites for hydroxylation is 1. The van der Waals surface area contributed by atoms with Crippen LogP contribution in [0.1, 0.15) is 13.3 Å². The Hall–Kier alpha value is -2.94. The first kappa shape index (κ1) is 25.7. The summed E-state index contributed by atoms with van der Waals surface area (Å²) in [5.41, 5.74) is 0.467. The smallest absolute Gasteiger partial charge is 0.307 e. The van der Waals surface area contributed by atoms with Crippen molar-refractivity contribution >= 4 is 53.3 Å². The summed E-state index contributed by atoms with van der Waals surface area (Å²) in [4.78, 5) is 27.9. The number of carbonyl (C=O) groups excluding carboxylic acids is 2. The van der Waals surface area contributed by atoms with Gasteiger partial charge in [-0.2, -0.15) is 4.99 Å². The van der Waals surface area contributed by atoms with Crippen LogP contribution in [0, 0.1) is 5.82 Å². The van der Waals surface area contributed by atoms with Crippen LogP contribution < -0.4 is 9.94 Å². The van der Waals surface area contributed by atoms with E-state index in [1.54, 1.807) is 6.92 Å². The Labute approximate surface area is 198 Å². The lowest BCUT2D eigenvalue weighted by Gasteiger charge is -2.06. The van der Waals surface area contributed by atoms with E-state index in [4.69, 9.17) is 9.88 Å². The number of aromatic nitrogens is 1. The Morgan fingerprint density at radius 2 is 1.74 bits per heavy atom. The second kappa shape index (κ2) is 10.1. The Morgan fingerprint density at radius 3 is 2.35 bits per heavy atom. The van der Waals surface area contributed by atoms with Crippen LogP contribution in [0.15, 0.2) is 57.2 Å². The maximum Gasteiger partial charge on any atom is 0.307 e. The van der Waals surface area contributed by atoms with Crippen molar-refractivity contribution in [2.45, 2.75) is 29.7 Å². The molecule has 0 atom stereocenters. The number of benzene rings is 2. The molecule has 0 bridgehead atoms. The van der Waals surface area contributed by atoms with Gasteiger partial charge in [-0.05, 0) is 49.4 Å². The minimum atomic E-state index is -4.08. The number of hydrogen-bond donors (Lipinski definition) is 1. The lowest BCUT2D eigenvalue weighted by Crippen LogP contribution is -2.22. The van der Waals surface area contributed by atoms with Gasteiger partial charge < -0.3 is 9.30 Å². The number of fused-ring (bicyclic) bond motifs is 1. The molecular formula is C20H20FN3O7S3. The van der Waals surface area contributed by atoms with Crippen LogP contribution in [0.3, 0.4) is 0 Å². The number of carbonyl (C=O) groups is 2. The molecule has 1 heterocycles. The van der Waals surface area contributed by atoms with Crippen molar-refractivity contribution < 1.29 is 35.6 Å². The van der Waals surface area contributed by atoms with Gasteiger partial charge in [0.2, 0.25) is 10.0 Å². The number of halogens is 1. The van der Waals surface area contributed by atoms with E-state index in [0.717, 1.165) is 35.6 Å². The third-order valence-electron chi connectivity index (χ3n) is 4.53. The van der Waals surface area contributed by atoms with Gasteiger partial charge in [0, 0.05) is 6.54 Å². The third-order valence-corrected chi connectivity index (χ3v) is 8.10. The van der Waals surface area contributed by atoms with Crippen LogP contribution in [-0.4, -0.2) is 45.6 Å². The zero-order chi connectivity index (χ0) is 25.1. The molecular weight excluding hydrogens is 509 g/mol. The lowest BCUT2D eigenvalue weighted by atomic mass is 10.3. The number of sulfone groups is 1. The molecule has 3 rings (SSSR count). The quantitative estimate of drug-likeness (QED) is 0.341. The van der Waals surface area contributed by atoms with Crippen LogP contribution >= 0.6 is 11.3 Å². The van der Waals surface area contributed by atoms with E-state index < -0.39 is 43.3 Å². The predicted octanol–water partition coefficient (Wildman–Crippen LogP) is 1.34. The molecule has 10 nitrogen and oxygen atoms in total. The number of ether oxygens (including phenoxy) is 1. The highest BCUT2D eigenvalue weighted by molar-refractivity contribution is 7.92. The van der Waals surface area contributed by atoms with E-state index in [2.05, 4.69) is 4.99 Å². The number of rotatable bonds is 8. The summed E-state index contributed by atoms with van der Waals surface area (Å²) in [5.74, 6) is -3.08. The first-order valence-corrected chi connectivity index (χ1v) is 13.8. The Bertz CT molecular complexity index is 1520. The lowest BCUT2D eigenvalue weighted by molar-refractivity contribution is -0.143. The van der Waals surface area contributed by atoms with Crippen LogP contribution in [0.4, 0.5) is 4.39 Å². The maximum atomic E-state index is 13.1. The first-order chi connectivity index (χ1) is 15.9. The Balaban J connectivity index is 2.02. The minimum absolute atomic E-state index is 0.0460. The number of hydrogen-bond acceptors (Lipinski definition) is 8. The van der Waals surface area contributed by atoms with E-state index >= 15 is 0 Å². The van der Waals surface area contributed by atoms with Gasteiger partial charge in [0.05, 0.1) is 33.0 Å². The fourth-order valence-electron chi connectivity index (χ4n) is 2.99. The molecule has 1 amide bonds. The summed E-state index contributed by atoms with van der Waals surface area (Å²) in [5, 5.41) is 5.18. The zero-order valence-electron chi connectivity index (χ0n) is 17.8. The summed E-state index contributed by atoms with van der Waals surface area (Å²) >= 11 is 0.930. The van der Waals surface area contributed by atoms with Crippen molar-refractivity contribution in [1.82, 2.24) is 4.57 Å². The van der Waals surface area contributed by atoms with Crippen LogP contribution in [-0.2, 0) is 40.7 Å². The fourth-order valence-corrected chi connectivity index (χ4v) is 5.83. The van der Waals surface area contributed by atoms with E-state index in [-0.39, 0.29) is 34.2 Å². The second-order valence-corrected chi connectivity index (χ2v) is 11.5. The van der Waals surface area contributed by atoms with Crippen LogP contribution in [0.2, 0.25) is 0 Å².